The average molecular weight is 283 g/mol. The van der Waals surface area contributed by atoms with Gasteiger partial charge in [0.1, 0.15) is 5.82 Å². The number of benzene rings is 1. The number of carbonyl (C=O) groups is 2. The van der Waals surface area contributed by atoms with Crippen LogP contribution in [0.4, 0.5) is 4.39 Å². The third kappa shape index (κ3) is 2.84. The van der Waals surface area contributed by atoms with E-state index in [1.165, 1.54) is 12.1 Å². The zero-order valence-electron chi connectivity index (χ0n) is 10.1. The van der Waals surface area contributed by atoms with Crippen molar-refractivity contribution in [3.63, 3.8) is 0 Å². The summed E-state index contributed by atoms with van der Waals surface area (Å²) in [5, 5.41) is 8.97. The molecule has 0 aromatic heterocycles. The molecule has 1 N–H and O–H groups in total. The van der Waals surface area contributed by atoms with Gasteiger partial charge in [0.15, 0.2) is 5.78 Å². The van der Waals surface area contributed by atoms with Crippen LogP contribution in [-0.4, -0.2) is 16.9 Å². The fourth-order valence-corrected chi connectivity index (χ4v) is 2.38. The number of carbonyl (C=O) groups excluding carboxylic acids is 1. The van der Waals surface area contributed by atoms with E-state index >= 15 is 0 Å². The van der Waals surface area contributed by atoms with Crippen molar-refractivity contribution in [2.75, 3.05) is 0 Å². The molecule has 0 bridgehead atoms. The summed E-state index contributed by atoms with van der Waals surface area (Å²) in [6.07, 6.45) is 2.39. The van der Waals surface area contributed by atoms with Gasteiger partial charge in [-0.15, -0.1) is 0 Å². The molecule has 0 unspecified atom stereocenters. The monoisotopic (exact) mass is 282 g/mol. The molecule has 5 heteroatoms. The summed E-state index contributed by atoms with van der Waals surface area (Å²) < 4.78 is 13.1. The number of rotatable bonds is 3. The number of hydrogen-bond donors (Lipinski definition) is 1. The van der Waals surface area contributed by atoms with Gasteiger partial charge in [0, 0.05) is 16.7 Å². The molecule has 1 aromatic carbocycles. The quantitative estimate of drug-likeness (QED) is 0.862. The number of ketones is 1. The lowest BCUT2D eigenvalue weighted by Gasteiger charge is -2.16. The van der Waals surface area contributed by atoms with E-state index in [9.17, 15) is 14.0 Å². The highest BCUT2D eigenvalue weighted by Crippen LogP contribution is 2.28. The Bertz CT molecular complexity index is 578. The Labute approximate surface area is 114 Å². The largest absolute Gasteiger partial charge is 0.478 e. The minimum absolute atomic E-state index is 0.140. The van der Waals surface area contributed by atoms with Crippen LogP contribution in [0.15, 0.2) is 29.3 Å². The predicted molar refractivity (Wildman–Crippen MR) is 68.9 cm³/mol. The summed E-state index contributed by atoms with van der Waals surface area (Å²) in [6, 6.07) is 3.67. The van der Waals surface area contributed by atoms with E-state index in [0.717, 1.165) is 18.9 Å². The number of halogens is 2. The zero-order chi connectivity index (χ0) is 14.0. The highest BCUT2D eigenvalue weighted by atomic mass is 35.5. The first-order chi connectivity index (χ1) is 9.00. The lowest BCUT2D eigenvalue weighted by atomic mass is 9.87. The van der Waals surface area contributed by atoms with Gasteiger partial charge in [0.25, 0.3) is 0 Å². The van der Waals surface area contributed by atoms with Gasteiger partial charge in [0.05, 0.1) is 5.02 Å². The molecule has 0 radical (unpaired) electrons. The van der Waals surface area contributed by atoms with Crippen molar-refractivity contribution in [1.29, 1.82) is 0 Å². The second-order valence-electron chi connectivity index (χ2n) is 4.43. The molecule has 0 aliphatic heterocycles. The zero-order valence-corrected chi connectivity index (χ0v) is 10.8. The van der Waals surface area contributed by atoms with Crippen LogP contribution < -0.4 is 0 Å². The topological polar surface area (TPSA) is 54.4 Å². The van der Waals surface area contributed by atoms with Gasteiger partial charge >= 0.3 is 5.97 Å². The third-order valence-corrected chi connectivity index (χ3v) is 3.47. The van der Waals surface area contributed by atoms with E-state index in [1.807, 2.05) is 0 Å². The maximum atomic E-state index is 13.1. The summed E-state index contributed by atoms with van der Waals surface area (Å²) in [6.45, 7) is 0. The summed E-state index contributed by atoms with van der Waals surface area (Å²) in [7, 11) is 0. The molecule has 1 aliphatic carbocycles. The Morgan fingerprint density at radius 2 is 1.79 bits per heavy atom. The highest BCUT2D eigenvalue weighted by Gasteiger charge is 2.24. The molecule has 100 valence electrons. The van der Waals surface area contributed by atoms with Crippen LogP contribution in [-0.2, 0) is 4.79 Å². The molecule has 19 heavy (non-hydrogen) atoms. The molecule has 1 aliphatic rings. The summed E-state index contributed by atoms with van der Waals surface area (Å²) in [5.41, 5.74) is 0.695. The van der Waals surface area contributed by atoms with Crippen LogP contribution in [0.5, 0.6) is 0 Å². The Balaban J connectivity index is 2.41. The molecule has 2 rings (SSSR count). The fourth-order valence-electron chi connectivity index (χ4n) is 2.20. The van der Waals surface area contributed by atoms with Crippen molar-refractivity contribution in [2.24, 2.45) is 0 Å². The third-order valence-electron chi connectivity index (χ3n) is 3.18. The number of carboxylic acids is 1. The maximum absolute atomic E-state index is 13.1. The minimum atomic E-state index is -1.06. The van der Waals surface area contributed by atoms with Crippen molar-refractivity contribution in [3.05, 3.63) is 45.7 Å². The number of Topliss-reactive ketones (excluding diaryl/α,β-unsaturated/α-hetero) is 1. The molecule has 0 saturated heterocycles. The summed E-state index contributed by atoms with van der Waals surface area (Å²) in [4.78, 5) is 23.4. The van der Waals surface area contributed by atoms with Gasteiger partial charge in [-0.2, -0.15) is 0 Å². The molecule has 0 heterocycles. The van der Waals surface area contributed by atoms with Crippen LogP contribution >= 0.6 is 11.6 Å². The second-order valence-corrected chi connectivity index (χ2v) is 4.83. The molecule has 0 spiro atoms. The van der Waals surface area contributed by atoms with E-state index < -0.39 is 11.8 Å². The molecule has 0 saturated carbocycles. The Morgan fingerprint density at radius 3 is 2.37 bits per heavy atom. The Kier molecular flexibility index (Phi) is 4.00. The van der Waals surface area contributed by atoms with E-state index in [2.05, 4.69) is 0 Å². The van der Waals surface area contributed by atoms with Crippen LogP contribution in [0, 0.1) is 5.82 Å². The van der Waals surface area contributed by atoms with Crippen LogP contribution in [0.2, 0.25) is 5.02 Å². The molecule has 1 aromatic rings. The van der Waals surface area contributed by atoms with Gasteiger partial charge in [-0.25, -0.2) is 9.18 Å². The predicted octanol–water partition coefficient (Wildman–Crippen LogP) is 3.62. The van der Waals surface area contributed by atoms with Crippen molar-refractivity contribution in [2.45, 2.75) is 25.7 Å². The summed E-state index contributed by atoms with van der Waals surface area (Å²) in [5.74, 6) is -2.04. The number of allylic oxidation sites excluding steroid dienone is 1. The molecule has 0 fully saturated rings. The standard InChI is InChI=1S/C14H12ClFO3/c15-11-7-8(5-6-12(11)16)13(17)9-3-1-2-4-10(9)14(18)19/h5-7H,1-4H2,(H,18,19). The normalized spacial score (nSPS) is 15.5. The van der Waals surface area contributed by atoms with E-state index in [-0.39, 0.29) is 21.9 Å². The van der Waals surface area contributed by atoms with Crippen LogP contribution in [0.3, 0.4) is 0 Å². The van der Waals surface area contributed by atoms with Crippen LogP contribution in [0.25, 0.3) is 0 Å². The van der Waals surface area contributed by atoms with Crippen LogP contribution in [0.1, 0.15) is 36.0 Å². The van der Waals surface area contributed by atoms with Gasteiger partial charge < -0.3 is 5.11 Å². The van der Waals surface area contributed by atoms with E-state index in [0.29, 0.717) is 18.4 Å². The minimum Gasteiger partial charge on any atom is -0.478 e. The first-order valence-corrected chi connectivity index (χ1v) is 6.33. The Morgan fingerprint density at radius 1 is 1.16 bits per heavy atom. The van der Waals surface area contributed by atoms with Crippen molar-refractivity contribution >= 4 is 23.4 Å². The van der Waals surface area contributed by atoms with Gasteiger partial charge in [-0.05, 0) is 43.9 Å². The van der Waals surface area contributed by atoms with Gasteiger partial charge in [0.2, 0.25) is 0 Å². The first-order valence-electron chi connectivity index (χ1n) is 5.95. The van der Waals surface area contributed by atoms with Crippen molar-refractivity contribution in [3.8, 4) is 0 Å². The fraction of sp³-hybridized carbons (Fsp3) is 0.286. The maximum Gasteiger partial charge on any atom is 0.331 e. The summed E-state index contributed by atoms with van der Waals surface area (Å²) >= 11 is 5.64. The van der Waals surface area contributed by atoms with Gasteiger partial charge in [-0.3, -0.25) is 4.79 Å². The Hall–Kier alpha value is -1.68. The lowest BCUT2D eigenvalue weighted by molar-refractivity contribution is -0.133. The van der Waals surface area contributed by atoms with Gasteiger partial charge in [-0.1, -0.05) is 11.6 Å². The number of carboxylic acid groups (broad SMARTS) is 1. The lowest BCUT2D eigenvalue weighted by Crippen LogP contribution is -2.15. The SMILES string of the molecule is O=C(O)C1=C(C(=O)c2ccc(F)c(Cl)c2)CCCC1. The van der Waals surface area contributed by atoms with E-state index in [1.54, 1.807) is 0 Å². The highest BCUT2D eigenvalue weighted by molar-refractivity contribution is 6.31. The first kappa shape index (κ1) is 13.7. The number of hydrogen-bond acceptors (Lipinski definition) is 2. The molecule has 0 amide bonds. The van der Waals surface area contributed by atoms with E-state index in [4.69, 9.17) is 16.7 Å². The molecular formula is C14H12ClFO3. The van der Waals surface area contributed by atoms with Crippen molar-refractivity contribution in [1.82, 2.24) is 0 Å². The second kappa shape index (κ2) is 5.53. The smallest absolute Gasteiger partial charge is 0.331 e. The average Bonchev–Trinajstić information content (AvgIpc) is 2.41. The molecular weight excluding hydrogens is 271 g/mol. The molecule has 0 atom stereocenters. The number of aliphatic carboxylic acids is 1. The van der Waals surface area contributed by atoms with Crippen molar-refractivity contribution < 1.29 is 19.1 Å². The molecule has 3 nitrogen and oxygen atoms in total.